The van der Waals surface area contributed by atoms with Crippen LogP contribution in [0.3, 0.4) is 0 Å². The maximum Gasteiger partial charge on any atom is -0.0152 e. The number of rotatable bonds is 2. The van der Waals surface area contributed by atoms with E-state index in [1.807, 2.05) is 6.07 Å². The Balaban J connectivity index is 0.000000181. The van der Waals surface area contributed by atoms with Crippen LogP contribution in [0.5, 0.6) is 0 Å². The molecular formula is C102H116. The van der Waals surface area contributed by atoms with Crippen molar-refractivity contribution in [3.63, 3.8) is 0 Å². The van der Waals surface area contributed by atoms with Gasteiger partial charge in [0.05, 0.1) is 0 Å². The minimum atomic E-state index is 1.29. The molecular weight excluding hydrogens is 1230 g/mol. The maximum absolute atomic E-state index is 2.24. The summed E-state index contributed by atoms with van der Waals surface area (Å²) in [5.74, 6) is 0. The van der Waals surface area contributed by atoms with Crippen LogP contribution in [0, 0.1) is 166 Å². The molecule has 0 amide bonds. The molecule has 14 aromatic rings. The van der Waals surface area contributed by atoms with Gasteiger partial charge in [0.15, 0.2) is 0 Å². The Bertz CT molecular complexity index is 4580. The summed E-state index contributed by atoms with van der Waals surface area (Å²) >= 11 is 0. The van der Waals surface area contributed by atoms with Crippen molar-refractivity contribution in [1.29, 1.82) is 0 Å². The SMILES string of the molecule is Cc1c(C)c(C)c(C)c(C)c1C.Cc1cc(C)c(C)cc1C.Cc1cc(C)c2ccccc2c1.Cc1cc(C)cc(-c2ccccc2)c1.Cc1ccc(-c2ccc(C)cc2)cc1.Cc1ccc(C)c2ccccc12.Cc1ccc(C)cc1.Cc1cccc(C)c1.Cc1cccc2c(C)cccc12. The number of hydrogen-bond acceptors (Lipinski definition) is 0. The van der Waals surface area contributed by atoms with E-state index in [2.05, 4.69) is 427 Å². The smallest absolute Gasteiger partial charge is 0.0152 e. The number of hydrogen-bond donors (Lipinski definition) is 0. The minimum absolute atomic E-state index is 1.29. The molecule has 0 saturated heterocycles. The minimum Gasteiger partial charge on any atom is -0.0622 e. The predicted octanol–water partition coefficient (Wildman–Crippen LogP) is 29.4. The summed E-state index contributed by atoms with van der Waals surface area (Å²) in [4.78, 5) is 0. The highest BCUT2D eigenvalue weighted by atomic mass is 14.1. The summed E-state index contributed by atoms with van der Waals surface area (Å²) < 4.78 is 0. The van der Waals surface area contributed by atoms with Crippen LogP contribution in [0.4, 0.5) is 0 Å². The van der Waals surface area contributed by atoms with Gasteiger partial charge < -0.3 is 0 Å². The van der Waals surface area contributed by atoms with Crippen LogP contribution in [0.2, 0.25) is 0 Å². The van der Waals surface area contributed by atoms with Gasteiger partial charge in [0.2, 0.25) is 0 Å². The van der Waals surface area contributed by atoms with Gasteiger partial charge in [-0.2, -0.15) is 0 Å². The molecule has 102 heavy (non-hydrogen) atoms. The number of fused-ring (bicyclic) bond motifs is 3. The monoisotopic (exact) mass is 1340 g/mol. The van der Waals surface area contributed by atoms with Crippen LogP contribution in [-0.2, 0) is 0 Å². The van der Waals surface area contributed by atoms with Crippen molar-refractivity contribution in [3.05, 3.63) is 400 Å². The molecule has 0 saturated carbocycles. The third-order valence-electron chi connectivity index (χ3n) is 19.6. The highest BCUT2D eigenvalue weighted by molar-refractivity contribution is 5.89. The van der Waals surface area contributed by atoms with Crippen molar-refractivity contribution in [2.24, 2.45) is 0 Å². The first-order valence-corrected chi connectivity index (χ1v) is 36.3. The van der Waals surface area contributed by atoms with E-state index in [0.29, 0.717) is 0 Å². The summed E-state index contributed by atoms with van der Waals surface area (Å²) in [7, 11) is 0. The molecule has 0 aliphatic rings. The highest BCUT2D eigenvalue weighted by Gasteiger charge is 2.08. The molecule has 0 bridgehead atoms. The van der Waals surface area contributed by atoms with E-state index in [1.54, 1.807) is 0 Å². The molecule has 0 aromatic heterocycles. The Kier molecular flexibility index (Phi) is 31.5. The summed E-state index contributed by atoms with van der Waals surface area (Å²) in [6.45, 7) is 51.7. The molecule has 0 atom stereocenters. The van der Waals surface area contributed by atoms with E-state index >= 15 is 0 Å². The fraction of sp³-hybridized carbons (Fsp3) is 0.235. The summed E-state index contributed by atoms with van der Waals surface area (Å²) in [5.41, 5.74) is 38.2. The molecule has 14 rings (SSSR count). The highest BCUT2D eigenvalue weighted by Crippen LogP contribution is 2.27. The average Bonchev–Trinajstić information content (AvgIpc) is 0.817. The van der Waals surface area contributed by atoms with Gasteiger partial charge in [-0.1, -0.05) is 317 Å². The molecule has 0 heterocycles. The Labute approximate surface area is 617 Å². The lowest BCUT2D eigenvalue weighted by Crippen LogP contribution is -1.98. The molecule has 0 N–H and O–H groups in total. The Hall–Kier alpha value is -10.1. The van der Waals surface area contributed by atoms with Gasteiger partial charge >= 0.3 is 0 Å². The Morgan fingerprint density at radius 3 is 0.755 bits per heavy atom. The summed E-state index contributed by atoms with van der Waals surface area (Å²) in [6, 6.07) is 94.6. The van der Waals surface area contributed by atoms with E-state index < -0.39 is 0 Å². The number of aryl methyl sites for hydroxylation is 18. The first kappa shape index (κ1) is 80.8. The van der Waals surface area contributed by atoms with Crippen LogP contribution in [-0.4, -0.2) is 0 Å². The van der Waals surface area contributed by atoms with Gasteiger partial charge in [0.25, 0.3) is 0 Å². The largest absolute Gasteiger partial charge is 0.0622 e. The molecule has 0 nitrogen and oxygen atoms in total. The maximum atomic E-state index is 2.24. The Morgan fingerprint density at radius 1 is 0.127 bits per heavy atom. The van der Waals surface area contributed by atoms with Crippen molar-refractivity contribution >= 4 is 32.3 Å². The van der Waals surface area contributed by atoms with Gasteiger partial charge in [-0.3, -0.25) is 0 Å². The number of benzene rings is 14. The first-order chi connectivity index (χ1) is 48.5. The van der Waals surface area contributed by atoms with E-state index in [9.17, 15) is 0 Å². The molecule has 0 radical (unpaired) electrons. The lowest BCUT2D eigenvalue weighted by atomic mass is 9.90. The van der Waals surface area contributed by atoms with Gasteiger partial charge in [-0.15, -0.1) is 0 Å². The van der Waals surface area contributed by atoms with Crippen molar-refractivity contribution < 1.29 is 0 Å². The summed E-state index contributed by atoms with van der Waals surface area (Å²) in [6.07, 6.45) is 0. The van der Waals surface area contributed by atoms with E-state index in [4.69, 9.17) is 0 Å². The molecule has 524 valence electrons. The molecule has 0 unspecified atom stereocenters. The molecule has 14 aromatic carbocycles. The zero-order valence-corrected chi connectivity index (χ0v) is 66.4. The van der Waals surface area contributed by atoms with Crippen molar-refractivity contribution in [3.8, 4) is 22.3 Å². The van der Waals surface area contributed by atoms with Crippen molar-refractivity contribution in [2.45, 2.75) is 166 Å². The molecule has 0 aliphatic heterocycles. The van der Waals surface area contributed by atoms with E-state index in [1.165, 1.54) is 188 Å². The predicted molar refractivity (Wildman–Crippen MR) is 455 cm³/mol. The van der Waals surface area contributed by atoms with Crippen LogP contribution >= 0.6 is 0 Å². The van der Waals surface area contributed by atoms with E-state index in [-0.39, 0.29) is 0 Å². The second-order valence-corrected chi connectivity index (χ2v) is 28.4. The third kappa shape index (κ3) is 24.9. The van der Waals surface area contributed by atoms with Crippen molar-refractivity contribution in [1.82, 2.24) is 0 Å². The van der Waals surface area contributed by atoms with Gasteiger partial charge in [-0.05, 0) is 304 Å². The fourth-order valence-corrected chi connectivity index (χ4v) is 12.4. The lowest BCUT2D eigenvalue weighted by Gasteiger charge is -2.15. The van der Waals surface area contributed by atoms with Crippen LogP contribution in [0.1, 0.15) is 134 Å². The first-order valence-electron chi connectivity index (χ1n) is 36.3. The van der Waals surface area contributed by atoms with Crippen LogP contribution in [0.25, 0.3) is 54.6 Å². The normalized spacial score (nSPS) is 10.2. The molecule has 0 spiro atoms. The average molecular weight is 1340 g/mol. The second kappa shape index (κ2) is 39.7. The van der Waals surface area contributed by atoms with Crippen LogP contribution in [0.15, 0.2) is 267 Å². The lowest BCUT2D eigenvalue weighted by molar-refractivity contribution is 1.13. The zero-order chi connectivity index (χ0) is 74.7. The summed E-state index contributed by atoms with van der Waals surface area (Å²) in [5, 5.41) is 8.20. The molecule has 0 fully saturated rings. The Morgan fingerprint density at radius 2 is 0.402 bits per heavy atom. The molecule has 0 aliphatic carbocycles. The standard InChI is InChI=1S/2C14H14.3C12H12.C12H18.C10H14.2C8H10/c1-11-3-7-13(8-4-11)14-9-5-12(2)6-10-14;1-11-8-12(2)10-14(9-11)13-6-4-3-5-7-13;1-9-5-3-8-12-10(2)6-4-7-11(9)12;1-9-7-10(2)12-6-4-3-5-11(12)8-9;1-9-7-8-10(2)12-6-4-3-5-11(9)12;1-7-8(2)10(4)12(6)11(5)9(7)3;1-7-5-9(3)10(4)6-8(7)2;1-7-3-5-8(2)6-4-7;1-7-4-3-5-8(2)6-7/h2*3-10H,1-2H3;3*3-8H,1-2H3;1-6H3;5-6H,1-4H3;2*3-6H,1-2H3. The van der Waals surface area contributed by atoms with Crippen LogP contribution < -0.4 is 0 Å². The van der Waals surface area contributed by atoms with Gasteiger partial charge in [0.1, 0.15) is 0 Å². The molecule has 0 heteroatoms. The third-order valence-corrected chi connectivity index (χ3v) is 19.6. The van der Waals surface area contributed by atoms with Crippen molar-refractivity contribution in [2.75, 3.05) is 0 Å². The van der Waals surface area contributed by atoms with E-state index in [0.717, 1.165) is 0 Å². The zero-order valence-electron chi connectivity index (χ0n) is 66.4. The second-order valence-electron chi connectivity index (χ2n) is 28.4. The fourth-order valence-electron chi connectivity index (χ4n) is 12.4. The van der Waals surface area contributed by atoms with Gasteiger partial charge in [-0.25, -0.2) is 0 Å². The topological polar surface area (TPSA) is 0 Å². The quantitative estimate of drug-likeness (QED) is 0.162. The van der Waals surface area contributed by atoms with Gasteiger partial charge in [0, 0.05) is 0 Å².